The van der Waals surface area contributed by atoms with Crippen molar-refractivity contribution < 1.29 is 0 Å². The van der Waals surface area contributed by atoms with Crippen LogP contribution in [0.4, 0.5) is 0 Å². The summed E-state index contributed by atoms with van der Waals surface area (Å²) in [5.74, 6) is 0. The van der Waals surface area contributed by atoms with Crippen LogP contribution < -0.4 is 0 Å². The van der Waals surface area contributed by atoms with Crippen molar-refractivity contribution in [2.24, 2.45) is 0 Å². The Morgan fingerprint density at radius 2 is 1.68 bits per heavy atom. The van der Waals surface area contributed by atoms with Crippen molar-refractivity contribution in [3.05, 3.63) is 72.8 Å². The third-order valence-corrected chi connectivity index (χ3v) is 4.65. The molecule has 0 aliphatic rings. The van der Waals surface area contributed by atoms with E-state index >= 15 is 0 Å². The Morgan fingerprint density at radius 3 is 2.58 bits per heavy atom. The molecule has 0 aliphatic heterocycles. The van der Waals surface area contributed by atoms with E-state index in [9.17, 15) is 0 Å². The third-order valence-electron chi connectivity index (χ3n) is 3.43. The first kappa shape index (κ1) is 10.8. The Morgan fingerprint density at radius 1 is 0.789 bits per heavy atom. The van der Waals surface area contributed by atoms with Crippen LogP contribution in [0.25, 0.3) is 31.3 Å². The molecular formula is C18H11S. The lowest BCUT2D eigenvalue weighted by molar-refractivity contribution is 1.67. The van der Waals surface area contributed by atoms with Crippen molar-refractivity contribution in [2.75, 3.05) is 0 Å². The minimum absolute atomic E-state index is 1.28. The van der Waals surface area contributed by atoms with Crippen molar-refractivity contribution in [1.29, 1.82) is 0 Å². The van der Waals surface area contributed by atoms with Crippen LogP contribution in [-0.2, 0) is 0 Å². The van der Waals surface area contributed by atoms with Gasteiger partial charge in [0.15, 0.2) is 0 Å². The highest BCUT2D eigenvalue weighted by Gasteiger charge is 2.09. The van der Waals surface area contributed by atoms with Gasteiger partial charge in [-0.05, 0) is 29.3 Å². The summed E-state index contributed by atoms with van der Waals surface area (Å²) in [5.41, 5.74) is 2.60. The van der Waals surface area contributed by atoms with Gasteiger partial charge in [-0.15, -0.1) is 11.3 Å². The van der Waals surface area contributed by atoms with Gasteiger partial charge in [0.1, 0.15) is 0 Å². The monoisotopic (exact) mass is 259 g/mol. The van der Waals surface area contributed by atoms with Gasteiger partial charge in [-0.1, -0.05) is 54.6 Å². The van der Waals surface area contributed by atoms with Crippen molar-refractivity contribution in [3.63, 3.8) is 0 Å². The predicted octanol–water partition coefficient (Wildman–Crippen LogP) is 5.52. The van der Waals surface area contributed by atoms with Crippen LogP contribution in [0.5, 0.6) is 0 Å². The Kier molecular flexibility index (Phi) is 2.39. The highest BCUT2D eigenvalue weighted by Crippen LogP contribution is 2.39. The smallest absolute Gasteiger partial charge is 0.0433 e. The molecule has 0 saturated heterocycles. The molecule has 1 radical (unpaired) electrons. The van der Waals surface area contributed by atoms with E-state index in [1.54, 1.807) is 0 Å². The molecule has 0 unspecified atom stereocenters. The van der Waals surface area contributed by atoms with Gasteiger partial charge in [0.2, 0.25) is 0 Å². The number of fused-ring (bicyclic) bond motifs is 3. The molecule has 0 saturated carbocycles. The van der Waals surface area contributed by atoms with Crippen LogP contribution in [0.2, 0.25) is 0 Å². The van der Waals surface area contributed by atoms with Gasteiger partial charge in [0.05, 0.1) is 0 Å². The van der Waals surface area contributed by atoms with Crippen LogP contribution in [0.15, 0.2) is 66.7 Å². The summed E-state index contributed by atoms with van der Waals surface area (Å²) in [7, 11) is 0. The van der Waals surface area contributed by atoms with Crippen LogP contribution in [-0.4, -0.2) is 0 Å². The summed E-state index contributed by atoms with van der Waals surface area (Å²) >= 11 is 1.86. The van der Waals surface area contributed by atoms with Gasteiger partial charge in [0, 0.05) is 20.2 Å². The number of thiophene rings is 1. The van der Waals surface area contributed by atoms with Gasteiger partial charge in [-0.2, -0.15) is 0 Å². The van der Waals surface area contributed by atoms with Gasteiger partial charge < -0.3 is 0 Å². The number of hydrogen-bond donors (Lipinski definition) is 0. The molecule has 0 N–H and O–H groups in total. The molecule has 1 heteroatoms. The Bertz CT molecular complexity index is 857. The first-order chi connectivity index (χ1) is 9.43. The second-order valence-corrected chi connectivity index (χ2v) is 5.62. The maximum atomic E-state index is 3.18. The summed E-state index contributed by atoms with van der Waals surface area (Å²) in [6, 6.07) is 26.5. The highest BCUT2D eigenvalue weighted by molar-refractivity contribution is 7.26. The van der Waals surface area contributed by atoms with Gasteiger partial charge in [-0.3, -0.25) is 0 Å². The van der Waals surface area contributed by atoms with Crippen LogP contribution in [0.3, 0.4) is 0 Å². The van der Waals surface area contributed by atoms with Crippen molar-refractivity contribution in [1.82, 2.24) is 0 Å². The lowest BCUT2D eigenvalue weighted by Crippen LogP contribution is -1.76. The molecule has 3 aromatic carbocycles. The minimum atomic E-state index is 1.28. The molecule has 19 heavy (non-hydrogen) atoms. The highest BCUT2D eigenvalue weighted by atomic mass is 32.1. The molecule has 0 amide bonds. The van der Waals surface area contributed by atoms with Gasteiger partial charge >= 0.3 is 0 Å². The zero-order chi connectivity index (χ0) is 12.7. The zero-order valence-corrected chi connectivity index (χ0v) is 11.1. The fourth-order valence-electron chi connectivity index (χ4n) is 2.53. The van der Waals surface area contributed by atoms with Gasteiger partial charge in [-0.25, -0.2) is 0 Å². The molecule has 1 aromatic heterocycles. The Labute approximate surface area is 115 Å². The van der Waals surface area contributed by atoms with Crippen LogP contribution in [0, 0.1) is 6.07 Å². The Hall–Kier alpha value is -2.12. The van der Waals surface area contributed by atoms with Crippen molar-refractivity contribution in [3.8, 4) is 11.1 Å². The van der Waals surface area contributed by atoms with E-state index < -0.39 is 0 Å². The quantitative estimate of drug-likeness (QED) is 0.422. The number of benzene rings is 3. The largest absolute Gasteiger partial charge is 0.135 e. The molecule has 0 nitrogen and oxygen atoms in total. The van der Waals surface area contributed by atoms with Crippen LogP contribution >= 0.6 is 11.3 Å². The summed E-state index contributed by atoms with van der Waals surface area (Å²) < 4.78 is 2.69. The fraction of sp³-hybridized carbons (Fsp3) is 0. The summed E-state index contributed by atoms with van der Waals surface area (Å²) in [5, 5.41) is 2.64. The SMILES string of the molecule is [c]1ccc2sc3c(-c4ccccc4)cccc3c2c1. The summed E-state index contributed by atoms with van der Waals surface area (Å²) in [6.45, 7) is 0. The average Bonchev–Trinajstić information content (AvgIpc) is 2.87. The van der Waals surface area contributed by atoms with E-state index in [0.29, 0.717) is 0 Å². The second kappa shape index (κ2) is 4.22. The lowest BCUT2D eigenvalue weighted by atomic mass is 10.0. The fourth-order valence-corrected chi connectivity index (χ4v) is 3.75. The molecule has 0 bridgehead atoms. The molecule has 0 aliphatic carbocycles. The predicted molar refractivity (Wildman–Crippen MR) is 83.6 cm³/mol. The first-order valence-electron chi connectivity index (χ1n) is 6.30. The first-order valence-corrected chi connectivity index (χ1v) is 7.12. The molecule has 0 spiro atoms. The van der Waals surface area contributed by atoms with E-state index in [1.165, 1.54) is 31.3 Å². The van der Waals surface area contributed by atoms with Crippen molar-refractivity contribution >= 4 is 31.5 Å². The molecule has 1 heterocycles. The molecule has 4 rings (SSSR count). The molecular weight excluding hydrogens is 248 g/mol. The minimum Gasteiger partial charge on any atom is -0.135 e. The Balaban J connectivity index is 2.13. The molecule has 89 valence electrons. The number of hydrogen-bond acceptors (Lipinski definition) is 1. The molecule has 0 fully saturated rings. The van der Waals surface area contributed by atoms with E-state index in [2.05, 4.69) is 66.7 Å². The topological polar surface area (TPSA) is 0 Å². The van der Waals surface area contributed by atoms with Crippen LogP contribution in [0.1, 0.15) is 0 Å². The lowest BCUT2D eigenvalue weighted by Gasteiger charge is -2.02. The molecule has 0 atom stereocenters. The van der Waals surface area contributed by atoms with Crippen molar-refractivity contribution in [2.45, 2.75) is 0 Å². The maximum absolute atomic E-state index is 3.18. The second-order valence-electron chi connectivity index (χ2n) is 4.57. The molecule has 4 aromatic rings. The maximum Gasteiger partial charge on any atom is 0.0433 e. The zero-order valence-electron chi connectivity index (χ0n) is 10.3. The van der Waals surface area contributed by atoms with Gasteiger partial charge in [0.25, 0.3) is 0 Å². The third kappa shape index (κ3) is 1.66. The normalized spacial score (nSPS) is 11.2. The summed E-state index contributed by atoms with van der Waals surface area (Å²) in [6.07, 6.45) is 0. The standard InChI is InChI=1S/C18H11S/c1-2-7-13(8-3-1)14-10-6-11-16-15-9-4-5-12-17(15)19-18(14)16/h1-3,5-12H. The van der Waals surface area contributed by atoms with E-state index in [-0.39, 0.29) is 0 Å². The van der Waals surface area contributed by atoms with E-state index in [1.807, 2.05) is 17.4 Å². The average molecular weight is 259 g/mol. The van der Waals surface area contributed by atoms with E-state index in [0.717, 1.165) is 0 Å². The number of rotatable bonds is 1. The van der Waals surface area contributed by atoms with E-state index in [4.69, 9.17) is 0 Å². The summed E-state index contributed by atoms with van der Waals surface area (Å²) in [4.78, 5) is 0.